The molecule has 1 unspecified atom stereocenters. The minimum Gasteiger partial charge on any atom is -0.347 e. The zero-order chi connectivity index (χ0) is 18.1. The van der Waals surface area contributed by atoms with Gasteiger partial charge in [-0.15, -0.1) is 0 Å². The minimum atomic E-state index is -0.0792. The maximum absolute atomic E-state index is 12.2. The second-order valence-corrected chi connectivity index (χ2v) is 6.82. The number of carbonyl (C=O) groups is 1. The molecule has 2 aromatic carbocycles. The molecule has 1 aromatic heterocycles. The molecule has 0 aliphatic carbocycles. The normalized spacial score (nSPS) is 16.2. The van der Waals surface area contributed by atoms with E-state index in [9.17, 15) is 4.79 Å². The van der Waals surface area contributed by atoms with Crippen LogP contribution >= 0.6 is 0 Å². The van der Waals surface area contributed by atoms with Crippen LogP contribution in [0.25, 0.3) is 11.3 Å². The highest BCUT2D eigenvalue weighted by Crippen LogP contribution is 2.23. The molecule has 1 amide bonds. The monoisotopic (exact) mass is 346 g/mol. The summed E-state index contributed by atoms with van der Waals surface area (Å²) in [6.45, 7) is 5.39. The van der Waals surface area contributed by atoms with E-state index in [-0.39, 0.29) is 12.1 Å². The molecule has 0 spiro atoms. The van der Waals surface area contributed by atoms with Gasteiger partial charge in [0.15, 0.2) is 0 Å². The lowest BCUT2D eigenvalue weighted by Crippen LogP contribution is -2.45. The van der Waals surface area contributed by atoms with Crippen molar-refractivity contribution in [3.63, 3.8) is 0 Å². The Bertz CT molecular complexity index is 943. The van der Waals surface area contributed by atoms with Gasteiger partial charge in [0.1, 0.15) is 11.9 Å². The molecule has 5 nitrogen and oxygen atoms in total. The standard InChI is InChI=1S/C21H22N4O/c1-14-6-8-17(9-7-14)18-11-19-21(26)23-13-20(25(19)24-18)22-12-16-5-3-4-15(2)10-16/h3-11,20,22H,12-13H2,1-2H3,(H,23,26). The van der Waals surface area contributed by atoms with Crippen LogP contribution < -0.4 is 10.6 Å². The van der Waals surface area contributed by atoms with Gasteiger partial charge in [0.25, 0.3) is 5.91 Å². The lowest BCUT2D eigenvalue weighted by Gasteiger charge is -2.25. The average Bonchev–Trinajstić information content (AvgIpc) is 3.08. The number of aromatic nitrogens is 2. The van der Waals surface area contributed by atoms with Crippen LogP contribution in [0.15, 0.2) is 54.6 Å². The Morgan fingerprint density at radius 1 is 1.12 bits per heavy atom. The fourth-order valence-corrected chi connectivity index (χ4v) is 3.25. The number of nitrogens with one attached hydrogen (secondary N) is 2. The molecule has 0 fully saturated rings. The maximum atomic E-state index is 12.2. The van der Waals surface area contributed by atoms with Gasteiger partial charge in [-0.3, -0.25) is 10.1 Å². The van der Waals surface area contributed by atoms with E-state index in [1.54, 1.807) is 0 Å². The molecular formula is C21H22N4O. The largest absolute Gasteiger partial charge is 0.347 e. The number of aryl methyl sites for hydroxylation is 2. The quantitative estimate of drug-likeness (QED) is 0.763. The first-order valence-electron chi connectivity index (χ1n) is 8.84. The first-order valence-corrected chi connectivity index (χ1v) is 8.84. The van der Waals surface area contributed by atoms with Crippen molar-refractivity contribution >= 4 is 5.91 Å². The Hall–Kier alpha value is -2.92. The topological polar surface area (TPSA) is 59.0 Å². The summed E-state index contributed by atoms with van der Waals surface area (Å²) in [5, 5.41) is 11.2. The molecule has 1 atom stereocenters. The number of rotatable bonds is 4. The number of amides is 1. The van der Waals surface area contributed by atoms with E-state index in [4.69, 9.17) is 5.10 Å². The third kappa shape index (κ3) is 3.26. The Labute approximate surface area is 153 Å². The first kappa shape index (κ1) is 16.5. The number of hydrogen-bond acceptors (Lipinski definition) is 3. The predicted molar refractivity (Wildman–Crippen MR) is 102 cm³/mol. The summed E-state index contributed by atoms with van der Waals surface area (Å²) in [4.78, 5) is 12.2. The van der Waals surface area contributed by atoms with Crippen molar-refractivity contribution in [2.45, 2.75) is 26.6 Å². The highest BCUT2D eigenvalue weighted by molar-refractivity contribution is 5.94. The van der Waals surface area contributed by atoms with E-state index < -0.39 is 0 Å². The van der Waals surface area contributed by atoms with Gasteiger partial charge in [0, 0.05) is 12.1 Å². The summed E-state index contributed by atoms with van der Waals surface area (Å²) in [7, 11) is 0. The first-order chi connectivity index (χ1) is 12.6. The zero-order valence-corrected chi connectivity index (χ0v) is 15.0. The molecule has 0 saturated heterocycles. The van der Waals surface area contributed by atoms with Gasteiger partial charge in [-0.25, -0.2) is 4.68 Å². The smallest absolute Gasteiger partial charge is 0.269 e. The molecule has 0 bridgehead atoms. The molecule has 1 aliphatic heterocycles. The van der Waals surface area contributed by atoms with E-state index in [1.165, 1.54) is 16.7 Å². The third-order valence-corrected chi connectivity index (χ3v) is 4.69. The molecule has 132 valence electrons. The van der Waals surface area contributed by atoms with Crippen molar-refractivity contribution in [1.29, 1.82) is 0 Å². The summed E-state index contributed by atoms with van der Waals surface area (Å²) < 4.78 is 1.81. The van der Waals surface area contributed by atoms with Gasteiger partial charge in [-0.1, -0.05) is 59.7 Å². The maximum Gasteiger partial charge on any atom is 0.269 e. The Morgan fingerprint density at radius 2 is 1.92 bits per heavy atom. The molecule has 2 heterocycles. The second-order valence-electron chi connectivity index (χ2n) is 6.82. The molecule has 0 radical (unpaired) electrons. The van der Waals surface area contributed by atoms with Crippen molar-refractivity contribution in [3.8, 4) is 11.3 Å². The Kier molecular flexibility index (Phi) is 4.31. The van der Waals surface area contributed by atoms with Gasteiger partial charge in [0.2, 0.25) is 0 Å². The van der Waals surface area contributed by atoms with Crippen LogP contribution in [0, 0.1) is 13.8 Å². The summed E-state index contributed by atoms with van der Waals surface area (Å²) in [5.74, 6) is -0.0792. The summed E-state index contributed by atoms with van der Waals surface area (Å²) in [6, 6.07) is 18.5. The van der Waals surface area contributed by atoms with Crippen molar-refractivity contribution in [1.82, 2.24) is 20.4 Å². The fourth-order valence-electron chi connectivity index (χ4n) is 3.25. The van der Waals surface area contributed by atoms with Crippen LogP contribution in [0.1, 0.15) is 33.3 Å². The molecule has 3 aromatic rings. The average molecular weight is 346 g/mol. The SMILES string of the molecule is Cc1ccc(-c2cc3n(n2)C(NCc2cccc(C)c2)CNC3=O)cc1. The molecular weight excluding hydrogens is 324 g/mol. The summed E-state index contributed by atoms with van der Waals surface area (Å²) in [6.07, 6.45) is -0.0672. The van der Waals surface area contributed by atoms with Crippen molar-refractivity contribution in [2.24, 2.45) is 0 Å². The van der Waals surface area contributed by atoms with Gasteiger partial charge < -0.3 is 5.32 Å². The van der Waals surface area contributed by atoms with Crippen LogP contribution in [0.4, 0.5) is 0 Å². The van der Waals surface area contributed by atoms with Crippen molar-refractivity contribution in [2.75, 3.05) is 6.54 Å². The van der Waals surface area contributed by atoms with Crippen LogP contribution in [-0.2, 0) is 6.54 Å². The lowest BCUT2D eigenvalue weighted by molar-refractivity contribution is 0.0900. The fraction of sp³-hybridized carbons (Fsp3) is 0.238. The Morgan fingerprint density at radius 3 is 2.69 bits per heavy atom. The highest BCUT2D eigenvalue weighted by Gasteiger charge is 2.27. The van der Waals surface area contributed by atoms with E-state index >= 15 is 0 Å². The summed E-state index contributed by atoms with van der Waals surface area (Å²) in [5.41, 5.74) is 6.08. The molecule has 26 heavy (non-hydrogen) atoms. The number of fused-ring (bicyclic) bond motifs is 1. The molecule has 4 rings (SSSR count). The number of benzene rings is 2. The van der Waals surface area contributed by atoms with E-state index in [2.05, 4.69) is 60.9 Å². The van der Waals surface area contributed by atoms with E-state index in [0.717, 1.165) is 17.8 Å². The minimum absolute atomic E-state index is 0.0672. The van der Waals surface area contributed by atoms with Crippen molar-refractivity contribution in [3.05, 3.63) is 77.0 Å². The van der Waals surface area contributed by atoms with E-state index in [1.807, 2.05) is 22.9 Å². The van der Waals surface area contributed by atoms with E-state index in [0.29, 0.717) is 12.2 Å². The zero-order valence-electron chi connectivity index (χ0n) is 15.0. The van der Waals surface area contributed by atoms with Crippen molar-refractivity contribution < 1.29 is 4.79 Å². The molecule has 2 N–H and O–H groups in total. The van der Waals surface area contributed by atoms with Crippen LogP contribution in [0.2, 0.25) is 0 Å². The van der Waals surface area contributed by atoms with Crippen LogP contribution in [-0.4, -0.2) is 22.2 Å². The van der Waals surface area contributed by atoms with Gasteiger partial charge in [0.05, 0.1) is 12.2 Å². The predicted octanol–water partition coefficient (Wildman–Crippen LogP) is 3.20. The van der Waals surface area contributed by atoms with Gasteiger partial charge >= 0.3 is 0 Å². The highest BCUT2D eigenvalue weighted by atomic mass is 16.2. The number of carbonyl (C=O) groups excluding carboxylic acids is 1. The van der Waals surface area contributed by atoms with Crippen LogP contribution in [0.3, 0.4) is 0 Å². The number of nitrogens with zero attached hydrogens (tertiary/aromatic N) is 2. The van der Waals surface area contributed by atoms with Gasteiger partial charge in [-0.2, -0.15) is 5.10 Å². The molecule has 0 saturated carbocycles. The number of hydrogen-bond donors (Lipinski definition) is 2. The van der Waals surface area contributed by atoms with Crippen LogP contribution in [0.5, 0.6) is 0 Å². The second kappa shape index (κ2) is 6.77. The third-order valence-electron chi connectivity index (χ3n) is 4.69. The lowest BCUT2D eigenvalue weighted by atomic mass is 10.1. The van der Waals surface area contributed by atoms with Gasteiger partial charge in [-0.05, 0) is 25.5 Å². The molecule has 5 heteroatoms. The Balaban J connectivity index is 1.59. The summed E-state index contributed by atoms with van der Waals surface area (Å²) >= 11 is 0. The molecule has 1 aliphatic rings.